The number of aromatic nitrogens is 1. The van der Waals surface area contributed by atoms with Crippen LogP contribution in [0.3, 0.4) is 0 Å². The number of nitrogens with zero attached hydrogens (tertiary/aromatic N) is 1. The number of rotatable bonds is 7. The highest BCUT2D eigenvalue weighted by molar-refractivity contribution is 7.87. The van der Waals surface area contributed by atoms with E-state index < -0.39 is 10.2 Å². The van der Waals surface area contributed by atoms with Crippen molar-refractivity contribution in [2.45, 2.75) is 26.3 Å². The van der Waals surface area contributed by atoms with E-state index in [4.69, 9.17) is 0 Å². The van der Waals surface area contributed by atoms with Gasteiger partial charge in [-0.2, -0.15) is 17.4 Å². The number of nitrogens with one attached hydrogen (secondary N) is 3. The number of hydrogen-bond donors (Lipinski definition) is 3. The fourth-order valence-electron chi connectivity index (χ4n) is 2.36. The van der Waals surface area contributed by atoms with Gasteiger partial charge in [0, 0.05) is 24.2 Å². The lowest BCUT2D eigenvalue weighted by Crippen LogP contribution is -2.45. The minimum absolute atomic E-state index is 0.123. The molecule has 1 fully saturated rings. The van der Waals surface area contributed by atoms with Gasteiger partial charge in [0.1, 0.15) is 0 Å². The maximum absolute atomic E-state index is 12.2. The van der Waals surface area contributed by atoms with Crippen LogP contribution in [0.2, 0.25) is 0 Å². The minimum atomic E-state index is -3.47. The highest BCUT2D eigenvalue weighted by atomic mass is 32.2. The molecule has 120 valence electrons. The van der Waals surface area contributed by atoms with Crippen molar-refractivity contribution < 1.29 is 8.42 Å². The second kappa shape index (κ2) is 7.50. The van der Waals surface area contributed by atoms with Gasteiger partial charge in [-0.25, -0.2) is 0 Å². The summed E-state index contributed by atoms with van der Waals surface area (Å²) in [6.45, 7) is 5.18. The molecule has 1 aliphatic heterocycles. The predicted octanol–water partition coefficient (Wildman–Crippen LogP) is 0.0923. The molecule has 3 N–H and O–H groups in total. The van der Waals surface area contributed by atoms with E-state index in [2.05, 4.69) is 21.9 Å². The second-order valence-corrected chi connectivity index (χ2v) is 7.75. The Balaban J connectivity index is 1.82. The fraction of sp³-hybridized carbons (Fsp3) is 0.750. The third-order valence-electron chi connectivity index (χ3n) is 3.61. The normalized spacial score (nSPS) is 18.1. The van der Waals surface area contributed by atoms with Gasteiger partial charge in [-0.3, -0.25) is 4.79 Å². The molecule has 0 aliphatic carbocycles. The standard InChI is InChI=1S/C12H22N4O3S2/c1-2-13-7-10-3-5-16(6-4-10)21(18,19)14-8-11-9-20-12(17)15-11/h9-10,13-14H,2-8H2,1H3,(H,15,17). The molecule has 1 aromatic heterocycles. The summed E-state index contributed by atoms with van der Waals surface area (Å²) >= 11 is 1.03. The van der Waals surface area contributed by atoms with Crippen molar-refractivity contribution in [2.24, 2.45) is 5.92 Å². The van der Waals surface area contributed by atoms with Crippen LogP contribution in [0.5, 0.6) is 0 Å². The van der Waals surface area contributed by atoms with Crippen LogP contribution in [0.15, 0.2) is 10.2 Å². The van der Waals surface area contributed by atoms with Crippen LogP contribution in [0.25, 0.3) is 0 Å². The lowest BCUT2D eigenvalue weighted by molar-refractivity contribution is 0.266. The smallest absolute Gasteiger partial charge is 0.304 e. The van der Waals surface area contributed by atoms with Gasteiger partial charge in [0.25, 0.3) is 10.2 Å². The molecule has 2 rings (SSSR count). The molecule has 0 radical (unpaired) electrons. The Morgan fingerprint density at radius 3 is 2.71 bits per heavy atom. The molecule has 0 unspecified atom stereocenters. The average molecular weight is 334 g/mol. The molecule has 1 aromatic rings. The van der Waals surface area contributed by atoms with Crippen LogP contribution < -0.4 is 14.9 Å². The largest absolute Gasteiger partial charge is 0.317 e. The van der Waals surface area contributed by atoms with Gasteiger partial charge in [-0.05, 0) is 31.8 Å². The Kier molecular flexibility index (Phi) is 5.94. The lowest BCUT2D eigenvalue weighted by Gasteiger charge is -2.31. The summed E-state index contributed by atoms with van der Waals surface area (Å²) in [4.78, 5) is 13.4. The van der Waals surface area contributed by atoms with E-state index in [0.29, 0.717) is 24.7 Å². The van der Waals surface area contributed by atoms with Crippen molar-refractivity contribution in [3.8, 4) is 0 Å². The van der Waals surface area contributed by atoms with Gasteiger partial charge in [0.2, 0.25) is 0 Å². The van der Waals surface area contributed by atoms with E-state index in [1.165, 1.54) is 4.31 Å². The van der Waals surface area contributed by atoms with Crippen molar-refractivity contribution >= 4 is 21.5 Å². The van der Waals surface area contributed by atoms with Crippen LogP contribution in [0, 0.1) is 5.92 Å². The van der Waals surface area contributed by atoms with Gasteiger partial charge >= 0.3 is 4.87 Å². The monoisotopic (exact) mass is 334 g/mol. The molecule has 1 saturated heterocycles. The molecular formula is C12H22N4O3S2. The van der Waals surface area contributed by atoms with Gasteiger partial charge in [-0.1, -0.05) is 18.3 Å². The molecule has 0 amide bonds. The van der Waals surface area contributed by atoms with E-state index >= 15 is 0 Å². The molecule has 2 heterocycles. The van der Waals surface area contributed by atoms with E-state index in [0.717, 1.165) is 37.3 Å². The highest BCUT2D eigenvalue weighted by Gasteiger charge is 2.27. The molecule has 1 aliphatic rings. The van der Waals surface area contributed by atoms with Crippen LogP contribution in [0.1, 0.15) is 25.5 Å². The molecule has 0 aromatic carbocycles. The Hall–Kier alpha value is -0.740. The maximum atomic E-state index is 12.2. The van der Waals surface area contributed by atoms with Crippen molar-refractivity contribution in [1.82, 2.24) is 19.3 Å². The first-order chi connectivity index (χ1) is 10.0. The van der Waals surface area contributed by atoms with Crippen LogP contribution >= 0.6 is 11.3 Å². The van der Waals surface area contributed by atoms with Crippen molar-refractivity contribution in [3.05, 3.63) is 20.7 Å². The molecule has 0 bridgehead atoms. The van der Waals surface area contributed by atoms with Gasteiger partial charge in [0.15, 0.2) is 0 Å². The Labute approximate surface area is 128 Å². The van der Waals surface area contributed by atoms with Crippen molar-refractivity contribution in [2.75, 3.05) is 26.2 Å². The first-order valence-corrected chi connectivity index (χ1v) is 9.45. The number of piperidine rings is 1. The third-order valence-corrected chi connectivity index (χ3v) is 5.88. The summed E-state index contributed by atoms with van der Waals surface area (Å²) in [5.41, 5.74) is 0.593. The van der Waals surface area contributed by atoms with Crippen LogP contribution in [-0.2, 0) is 16.8 Å². The Bertz CT molecular complexity index is 588. The number of H-pyrrole nitrogens is 1. The zero-order chi connectivity index (χ0) is 15.3. The number of aromatic amines is 1. The quantitative estimate of drug-likeness (QED) is 0.659. The summed E-state index contributed by atoms with van der Waals surface area (Å²) < 4.78 is 28.4. The minimum Gasteiger partial charge on any atom is -0.317 e. The van der Waals surface area contributed by atoms with E-state index in [-0.39, 0.29) is 11.4 Å². The fourth-order valence-corrected chi connectivity index (χ4v) is 4.16. The first kappa shape index (κ1) is 16.6. The molecule has 0 atom stereocenters. The van der Waals surface area contributed by atoms with Gasteiger partial charge in [0.05, 0.1) is 6.54 Å². The average Bonchev–Trinajstić information content (AvgIpc) is 2.89. The Morgan fingerprint density at radius 2 is 2.14 bits per heavy atom. The lowest BCUT2D eigenvalue weighted by atomic mass is 9.98. The second-order valence-electron chi connectivity index (χ2n) is 5.15. The number of thiazole rings is 1. The zero-order valence-electron chi connectivity index (χ0n) is 12.1. The predicted molar refractivity (Wildman–Crippen MR) is 83.5 cm³/mol. The van der Waals surface area contributed by atoms with Crippen LogP contribution in [0.4, 0.5) is 0 Å². The summed E-state index contributed by atoms with van der Waals surface area (Å²) in [5, 5.41) is 4.94. The summed E-state index contributed by atoms with van der Waals surface area (Å²) in [6.07, 6.45) is 1.76. The molecule has 9 heteroatoms. The number of hydrogen-bond acceptors (Lipinski definition) is 5. The van der Waals surface area contributed by atoms with E-state index in [1.807, 2.05) is 0 Å². The Morgan fingerprint density at radius 1 is 1.43 bits per heavy atom. The van der Waals surface area contributed by atoms with E-state index in [1.54, 1.807) is 5.38 Å². The summed E-state index contributed by atoms with van der Waals surface area (Å²) in [7, 11) is -3.47. The third kappa shape index (κ3) is 4.89. The molecule has 7 nitrogen and oxygen atoms in total. The highest BCUT2D eigenvalue weighted by Crippen LogP contribution is 2.18. The van der Waals surface area contributed by atoms with Crippen LogP contribution in [-0.4, -0.2) is 43.9 Å². The molecule has 0 spiro atoms. The van der Waals surface area contributed by atoms with Crippen molar-refractivity contribution in [1.29, 1.82) is 0 Å². The first-order valence-electron chi connectivity index (χ1n) is 7.13. The molecule has 0 saturated carbocycles. The van der Waals surface area contributed by atoms with Gasteiger partial charge in [-0.15, -0.1) is 0 Å². The SMILES string of the molecule is CCNCC1CCN(S(=O)(=O)NCc2csc(=O)[nH]2)CC1. The summed E-state index contributed by atoms with van der Waals surface area (Å²) in [5.74, 6) is 0.546. The zero-order valence-corrected chi connectivity index (χ0v) is 13.7. The molecular weight excluding hydrogens is 312 g/mol. The molecule has 21 heavy (non-hydrogen) atoms. The van der Waals surface area contributed by atoms with Gasteiger partial charge < -0.3 is 10.3 Å². The summed E-state index contributed by atoms with van der Waals surface area (Å²) in [6, 6.07) is 0. The van der Waals surface area contributed by atoms with E-state index in [9.17, 15) is 13.2 Å². The van der Waals surface area contributed by atoms with Crippen molar-refractivity contribution in [3.63, 3.8) is 0 Å². The maximum Gasteiger partial charge on any atom is 0.304 e. The topological polar surface area (TPSA) is 94.3 Å².